The lowest BCUT2D eigenvalue weighted by Gasteiger charge is -2.01. The molecule has 2 rings (SSSR count). The summed E-state index contributed by atoms with van der Waals surface area (Å²) in [5.41, 5.74) is 8.61. The largest absolute Gasteiger partial charge is 0.383 e. The first kappa shape index (κ1) is 10.5. The molecule has 14 heavy (non-hydrogen) atoms. The number of aryl methyl sites for hydroxylation is 2. The van der Waals surface area contributed by atoms with E-state index in [0.29, 0.717) is 5.82 Å². The number of anilines is 1. The third-order valence-corrected chi connectivity index (χ3v) is 2.03. The second kappa shape index (κ2) is 4.09. The molecule has 4 heteroatoms. The highest BCUT2D eigenvalue weighted by atomic mass is 15.0. The molecule has 76 valence electrons. The number of hydrogen-bond donors (Lipinski definition) is 1. The van der Waals surface area contributed by atoms with E-state index < -0.39 is 0 Å². The zero-order chi connectivity index (χ0) is 10.7. The van der Waals surface area contributed by atoms with Gasteiger partial charge in [0.2, 0.25) is 0 Å². The number of nitrogens with zero attached hydrogens (tertiary/aromatic N) is 3. The van der Waals surface area contributed by atoms with Gasteiger partial charge in [0.15, 0.2) is 0 Å². The zero-order valence-electron chi connectivity index (χ0n) is 9.07. The highest BCUT2D eigenvalue weighted by Crippen LogP contribution is 2.18. The smallest absolute Gasteiger partial charge is 0.128 e. The van der Waals surface area contributed by atoms with Gasteiger partial charge in [-0.2, -0.15) is 0 Å². The van der Waals surface area contributed by atoms with Crippen LogP contribution < -0.4 is 5.73 Å². The van der Waals surface area contributed by atoms with Gasteiger partial charge >= 0.3 is 0 Å². The lowest BCUT2D eigenvalue weighted by molar-refractivity contribution is 0.943. The molecule has 2 aromatic heterocycles. The maximum Gasteiger partial charge on any atom is 0.128 e. The lowest BCUT2D eigenvalue weighted by atomic mass is 10.2. The number of imidazole rings is 1. The fourth-order valence-electron chi connectivity index (χ4n) is 1.35. The van der Waals surface area contributed by atoms with E-state index in [1.54, 1.807) is 12.5 Å². The van der Waals surface area contributed by atoms with Crippen molar-refractivity contribution in [3.05, 3.63) is 18.1 Å². The lowest BCUT2D eigenvalue weighted by Crippen LogP contribution is -1.96. The molecule has 2 N–H and O–H groups in total. The van der Waals surface area contributed by atoms with Crippen molar-refractivity contribution in [2.75, 3.05) is 5.73 Å². The summed E-state index contributed by atoms with van der Waals surface area (Å²) in [6.07, 6.45) is 3.45. The van der Waals surface area contributed by atoms with E-state index in [-0.39, 0.29) is 0 Å². The molecule has 0 aliphatic heterocycles. The third-order valence-electron chi connectivity index (χ3n) is 2.03. The van der Waals surface area contributed by atoms with Crippen LogP contribution in [0.4, 0.5) is 5.82 Å². The van der Waals surface area contributed by atoms with Crippen molar-refractivity contribution >= 4 is 16.9 Å². The van der Waals surface area contributed by atoms with Crippen LogP contribution in [0.25, 0.3) is 11.0 Å². The van der Waals surface area contributed by atoms with Crippen molar-refractivity contribution in [2.45, 2.75) is 20.8 Å². The van der Waals surface area contributed by atoms with Crippen LogP contribution in [0, 0.1) is 6.92 Å². The van der Waals surface area contributed by atoms with E-state index in [2.05, 4.69) is 9.97 Å². The molecule has 0 unspecified atom stereocenters. The van der Waals surface area contributed by atoms with Gasteiger partial charge in [-0.15, -0.1) is 0 Å². The summed E-state index contributed by atoms with van der Waals surface area (Å²) < 4.78 is 1.95. The minimum Gasteiger partial charge on any atom is -0.383 e. The van der Waals surface area contributed by atoms with Crippen molar-refractivity contribution in [2.24, 2.45) is 7.05 Å². The summed E-state index contributed by atoms with van der Waals surface area (Å²) in [6, 6.07) is 0. The van der Waals surface area contributed by atoms with Crippen LogP contribution in [0.15, 0.2) is 12.5 Å². The summed E-state index contributed by atoms with van der Waals surface area (Å²) in [5.74, 6) is 0.575. The van der Waals surface area contributed by atoms with Crippen LogP contribution in [0.3, 0.4) is 0 Å². The van der Waals surface area contributed by atoms with E-state index in [0.717, 1.165) is 16.6 Å². The number of fused-ring (bicyclic) bond motifs is 1. The molecular formula is C10H16N4. The maximum absolute atomic E-state index is 5.66. The predicted octanol–water partition coefficient (Wildman–Crippen LogP) is 1.89. The fraction of sp³-hybridized carbons (Fsp3) is 0.400. The highest BCUT2D eigenvalue weighted by Gasteiger charge is 2.05. The fourth-order valence-corrected chi connectivity index (χ4v) is 1.35. The molecule has 0 amide bonds. The van der Waals surface area contributed by atoms with Crippen LogP contribution in [-0.4, -0.2) is 14.5 Å². The summed E-state index contributed by atoms with van der Waals surface area (Å²) in [4.78, 5) is 8.19. The Morgan fingerprint density at radius 2 is 1.93 bits per heavy atom. The van der Waals surface area contributed by atoms with Crippen LogP contribution in [0.2, 0.25) is 0 Å². The zero-order valence-corrected chi connectivity index (χ0v) is 9.07. The molecule has 0 aromatic carbocycles. The number of rotatable bonds is 0. The van der Waals surface area contributed by atoms with E-state index in [1.807, 2.05) is 32.4 Å². The van der Waals surface area contributed by atoms with E-state index in [9.17, 15) is 0 Å². The molecular weight excluding hydrogens is 176 g/mol. The van der Waals surface area contributed by atoms with Gasteiger partial charge in [-0.25, -0.2) is 9.97 Å². The SMILES string of the molecule is CC.Cc1c(N)ncc2ncn(C)c12. The normalized spacial score (nSPS) is 9.71. The molecule has 0 saturated heterocycles. The van der Waals surface area contributed by atoms with Crippen LogP contribution in [0.5, 0.6) is 0 Å². The average Bonchev–Trinajstić information content (AvgIpc) is 2.58. The van der Waals surface area contributed by atoms with Gasteiger partial charge in [0.1, 0.15) is 11.3 Å². The molecule has 2 heterocycles. The first-order valence-electron chi connectivity index (χ1n) is 4.72. The topological polar surface area (TPSA) is 56.7 Å². The molecule has 0 spiro atoms. The quantitative estimate of drug-likeness (QED) is 0.693. The van der Waals surface area contributed by atoms with Crippen molar-refractivity contribution in [1.29, 1.82) is 0 Å². The molecule has 0 aliphatic carbocycles. The first-order valence-corrected chi connectivity index (χ1v) is 4.72. The summed E-state index contributed by atoms with van der Waals surface area (Å²) in [6.45, 7) is 5.95. The maximum atomic E-state index is 5.66. The highest BCUT2D eigenvalue weighted by molar-refractivity contribution is 5.81. The summed E-state index contributed by atoms with van der Waals surface area (Å²) >= 11 is 0. The molecule has 0 fully saturated rings. The number of nitrogens with two attached hydrogens (primary N) is 1. The molecule has 0 bridgehead atoms. The van der Waals surface area contributed by atoms with E-state index in [4.69, 9.17) is 5.73 Å². The van der Waals surface area contributed by atoms with Crippen LogP contribution >= 0.6 is 0 Å². The predicted molar refractivity (Wildman–Crippen MR) is 59.0 cm³/mol. The second-order valence-electron chi connectivity index (χ2n) is 2.86. The Kier molecular flexibility index (Phi) is 3.06. The molecule has 4 nitrogen and oxygen atoms in total. The Bertz CT molecular complexity index is 431. The molecule has 0 saturated carbocycles. The van der Waals surface area contributed by atoms with Gasteiger partial charge in [-0.05, 0) is 6.92 Å². The number of hydrogen-bond acceptors (Lipinski definition) is 3. The number of nitrogen functional groups attached to an aromatic ring is 1. The van der Waals surface area contributed by atoms with Gasteiger partial charge in [0.05, 0.1) is 18.0 Å². The number of aromatic nitrogens is 3. The minimum atomic E-state index is 0.575. The van der Waals surface area contributed by atoms with Crippen molar-refractivity contribution in [1.82, 2.24) is 14.5 Å². The van der Waals surface area contributed by atoms with Gasteiger partial charge in [-0.3, -0.25) is 0 Å². The molecule has 0 radical (unpaired) electrons. The summed E-state index contributed by atoms with van der Waals surface area (Å²) in [7, 11) is 1.95. The van der Waals surface area contributed by atoms with Gasteiger partial charge in [-0.1, -0.05) is 13.8 Å². The van der Waals surface area contributed by atoms with Crippen molar-refractivity contribution in [3.63, 3.8) is 0 Å². The van der Waals surface area contributed by atoms with Crippen molar-refractivity contribution in [3.8, 4) is 0 Å². The second-order valence-corrected chi connectivity index (χ2v) is 2.86. The summed E-state index contributed by atoms with van der Waals surface area (Å²) in [5, 5.41) is 0. The Labute approximate surface area is 83.8 Å². The molecule has 0 aliphatic rings. The number of pyridine rings is 1. The van der Waals surface area contributed by atoms with Gasteiger partial charge < -0.3 is 10.3 Å². The van der Waals surface area contributed by atoms with Crippen molar-refractivity contribution < 1.29 is 0 Å². The Balaban J connectivity index is 0.000000461. The molecule has 2 aromatic rings. The Morgan fingerprint density at radius 1 is 1.29 bits per heavy atom. The monoisotopic (exact) mass is 192 g/mol. The van der Waals surface area contributed by atoms with E-state index in [1.165, 1.54) is 0 Å². The third kappa shape index (κ3) is 1.55. The standard InChI is InChI=1S/C8H10N4.C2H6/c1-5-7-6(3-10-8(5)9)11-4-12(7)2;1-2/h3-4H,1-2H3,(H2,9,10);1-2H3. The van der Waals surface area contributed by atoms with E-state index >= 15 is 0 Å². The van der Waals surface area contributed by atoms with Gasteiger partial charge in [0.25, 0.3) is 0 Å². The van der Waals surface area contributed by atoms with Crippen LogP contribution in [-0.2, 0) is 7.05 Å². The Hall–Kier alpha value is -1.58. The molecule has 0 atom stereocenters. The first-order chi connectivity index (χ1) is 6.70. The average molecular weight is 192 g/mol. The van der Waals surface area contributed by atoms with Gasteiger partial charge in [0, 0.05) is 12.6 Å². The Morgan fingerprint density at radius 3 is 2.57 bits per heavy atom. The van der Waals surface area contributed by atoms with Crippen LogP contribution in [0.1, 0.15) is 19.4 Å². The minimum absolute atomic E-state index is 0.575.